The van der Waals surface area contributed by atoms with Crippen LogP contribution < -0.4 is 5.43 Å². The molecule has 3 aromatic rings. The second-order valence-electron chi connectivity index (χ2n) is 5.33. The van der Waals surface area contributed by atoms with Crippen LogP contribution in [0.15, 0.2) is 53.7 Å². The summed E-state index contributed by atoms with van der Waals surface area (Å²) in [7, 11) is 0. The molecule has 0 fully saturated rings. The number of hydrogen-bond acceptors (Lipinski definition) is 4. The van der Waals surface area contributed by atoms with E-state index < -0.39 is 28.7 Å². The van der Waals surface area contributed by atoms with Gasteiger partial charge in [-0.1, -0.05) is 6.07 Å². The molecule has 8 heteroatoms. The van der Waals surface area contributed by atoms with Crippen LogP contribution in [0.4, 0.5) is 4.39 Å². The van der Waals surface area contributed by atoms with Crippen molar-refractivity contribution in [2.75, 3.05) is 0 Å². The molecular weight excluding hydrogens is 343 g/mol. The summed E-state index contributed by atoms with van der Waals surface area (Å²) in [5.41, 5.74) is -1.36. The number of carboxylic acids is 2. The number of halogens is 1. The van der Waals surface area contributed by atoms with Gasteiger partial charge in [0.2, 0.25) is 5.43 Å². The lowest BCUT2D eigenvalue weighted by atomic mass is 10.1. The number of rotatable bonds is 4. The molecule has 2 heterocycles. The largest absolute Gasteiger partial charge is 0.477 e. The lowest BCUT2D eigenvalue weighted by molar-refractivity contribution is -0.130. The first-order valence-electron chi connectivity index (χ1n) is 7.32. The number of aromatic nitrogens is 2. The minimum atomic E-state index is -1.54. The molecule has 2 N–H and O–H groups in total. The van der Waals surface area contributed by atoms with Crippen LogP contribution in [-0.4, -0.2) is 31.7 Å². The third-order valence-corrected chi connectivity index (χ3v) is 3.66. The molecule has 0 bridgehead atoms. The van der Waals surface area contributed by atoms with Crippen molar-refractivity contribution in [3.8, 4) is 0 Å². The number of hydrogen-bond donors (Lipinski definition) is 2. The summed E-state index contributed by atoms with van der Waals surface area (Å²) < 4.78 is 14.6. The minimum absolute atomic E-state index is 0.0685. The summed E-state index contributed by atoms with van der Waals surface area (Å²) in [4.78, 5) is 39.3. The molecule has 0 saturated heterocycles. The molecule has 0 aliphatic carbocycles. The number of carboxylic acid groups (broad SMARTS) is 2. The Hall–Kier alpha value is -3.81. The highest BCUT2D eigenvalue weighted by atomic mass is 19.1. The van der Waals surface area contributed by atoms with E-state index in [1.807, 2.05) is 0 Å². The fourth-order valence-electron chi connectivity index (χ4n) is 2.51. The van der Waals surface area contributed by atoms with Gasteiger partial charge in [0.1, 0.15) is 17.1 Å². The van der Waals surface area contributed by atoms with Crippen LogP contribution in [0.1, 0.15) is 15.9 Å². The Labute approximate surface area is 145 Å². The van der Waals surface area contributed by atoms with Gasteiger partial charge in [-0.05, 0) is 35.9 Å². The molecular formula is C18H11FN2O5. The predicted molar refractivity (Wildman–Crippen MR) is 91.2 cm³/mol. The molecule has 26 heavy (non-hydrogen) atoms. The zero-order chi connectivity index (χ0) is 18.8. The zero-order valence-corrected chi connectivity index (χ0v) is 13.1. The molecule has 0 amide bonds. The Bertz CT molecular complexity index is 1120. The number of carbonyl (C=O) groups is 2. The Morgan fingerprint density at radius 1 is 1.19 bits per heavy atom. The number of aromatic carboxylic acids is 1. The van der Waals surface area contributed by atoms with Gasteiger partial charge in [-0.3, -0.25) is 9.78 Å². The summed E-state index contributed by atoms with van der Waals surface area (Å²) in [6.45, 7) is 0. The summed E-state index contributed by atoms with van der Waals surface area (Å²) >= 11 is 0. The van der Waals surface area contributed by atoms with E-state index in [1.165, 1.54) is 24.5 Å². The van der Waals surface area contributed by atoms with E-state index in [-0.39, 0.29) is 16.6 Å². The summed E-state index contributed by atoms with van der Waals surface area (Å²) in [6.07, 6.45) is 5.12. The molecule has 7 nitrogen and oxygen atoms in total. The lowest BCUT2D eigenvalue weighted by Crippen LogP contribution is -2.20. The van der Waals surface area contributed by atoms with Crippen molar-refractivity contribution in [1.82, 2.24) is 9.55 Å². The molecule has 1 aromatic carbocycles. The maximum absolute atomic E-state index is 13.6. The van der Waals surface area contributed by atoms with E-state index >= 15 is 0 Å². The van der Waals surface area contributed by atoms with E-state index in [0.29, 0.717) is 5.56 Å². The Kier molecular flexibility index (Phi) is 4.32. The minimum Gasteiger partial charge on any atom is -0.477 e. The average Bonchev–Trinajstić information content (AvgIpc) is 2.61. The van der Waals surface area contributed by atoms with Crippen molar-refractivity contribution in [3.63, 3.8) is 0 Å². The number of benzene rings is 1. The average molecular weight is 354 g/mol. The van der Waals surface area contributed by atoms with E-state index in [4.69, 9.17) is 0 Å². The van der Waals surface area contributed by atoms with Crippen LogP contribution in [0, 0.1) is 5.82 Å². The van der Waals surface area contributed by atoms with Crippen LogP contribution in [0.5, 0.6) is 0 Å². The zero-order valence-electron chi connectivity index (χ0n) is 13.1. The van der Waals surface area contributed by atoms with Gasteiger partial charge < -0.3 is 14.8 Å². The second-order valence-corrected chi connectivity index (χ2v) is 5.33. The number of aliphatic carboxylic acids is 1. The van der Waals surface area contributed by atoms with Crippen molar-refractivity contribution in [3.05, 3.63) is 76.1 Å². The summed E-state index contributed by atoms with van der Waals surface area (Å²) in [5, 5.41) is 18.6. The molecule has 0 unspecified atom stereocenters. The highest BCUT2D eigenvalue weighted by molar-refractivity contribution is 6.16. The van der Waals surface area contributed by atoms with Gasteiger partial charge >= 0.3 is 11.9 Å². The van der Waals surface area contributed by atoms with Crippen LogP contribution in [-0.2, 0) is 4.79 Å². The van der Waals surface area contributed by atoms with Gasteiger partial charge in [0, 0.05) is 24.0 Å². The molecule has 0 spiro atoms. The molecule has 0 radical (unpaired) electrons. The molecule has 0 atom stereocenters. The normalized spacial score (nSPS) is 11.5. The Morgan fingerprint density at radius 2 is 1.96 bits per heavy atom. The first-order chi connectivity index (χ1) is 12.4. The van der Waals surface area contributed by atoms with Crippen LogP contribution in [0.25, 0.3) is 22.7 Å². The van der Waals surface area contributed by atoms with Crippen molar-refractivity contribution in [2.24, 2.45) is 0 Å². The fourth-order valence-corrected chi connectivity index (χ4v) is 2.51. The smallest absolute Gasteiger partial charge is 0.352 e. The van der Waals surface area contributed by atoms with Gasteiger partial charge in [-0.15, -0.1) is 0 Å². The molecule has 2 aromatic heterocycles. The number of pyridine rings is 2. The molecule has 3 rings (SSSR count). The SMILES string of the molecule is O=C(O)/C(=C\c1cccnc1)n1cc(C(=O)O)c(=O)c2cc(F)ccc21. The van der Waals surface area contributed by atoms with Crippen LogP contribution >= 0.6 is 0 Å². The highest BCUT2D eigenvalue weighted by Crippen LogP contribution is 2.20. The number of fused-ring (bicyclic) bond motifs is 1. The first-order valence-corrected chi connectivity index (χ1v) is 7.32. The Morgan fingerprint density at radius 3 is 2.58 bits per heavy atom. The van der Waals surface area contributed by atoms with E-state index in [0.717, 1.165) is 22.9 Å². The predicted octanol–water partition coefficient (Wildman–Crippen LogP) is 2.32. The van der Waals surface area contributed by atoms with Gasteiger partial charge in [-0.25, -0.2) is 14.0 Å². The van der Waals surface area contributed by atoms with Crippen molar-refractivity contribution >= 4 is 34.6 Å². The van der Waals surface area contributed by atoms with Gasteiger partial charge in [0.15, 0.2) is 0 Å². The Balaban J connectivity index is 2.40. The maximum Gasteiger partial charge on any atom is 0.352 e. The van der Waals surface area contributed by atoms with Crippen LogP contribution in [0.2, 0.25) is 0 Å². The van der Waals surface area contributed by atoms with Gasteiger partial charge in [0.05, 0.1) is 5.52 Å². The highest BCUT2D eigenvalue weighted by Gasteiger charge is 2.19. The molecule has 0 aliphatic heterocycles. The summed E-state index contributed by atoms with van der Waals surface area (Å²) in [5.74, 6) is -3.64. The number of nitrogens with zero attached hydrogens (tertiary/aromatic N) is 2. The monoisotopic (exact) mass is 354 g/mol. The first kappa shape index (κ1) is 17.0. The second kappa shape index (κ2) is 6.60. The standard InChI is InChI=1S/C18H11FN2O5/c19-11-3-4-14-12(7-11)16(22)13(17(23)24)9-21(14)15(18(25)26)6-10-2-1-5-20-8-10/h1-9H,(H,23,24)(H,25,26)/b15-6+. The van der Waals surface area contributed by atoms with Crippen molar-refractivity contribution < 1.29 is 24.2 Å². The maximum atomic E-state index is 13.6. The molecule has 0 aliphatic rings. The van der Waals surface area contributed by atoms with E-state index in [9.17, 15) is 29.0 Å². The lowest BCUT2D eigenvalue weighted by Gasteiger charge is -2.13. The van der Waals surface area contributed by atoms with E-state index in [2.05, 4.69) is 4.98 Å². The molecule has 0 saturated carbocycles. The molecule has 130 valence electrons. The fraction of sp³-hybridized carbons (Fsp3) is 0. The van der Waals surface area contributed by atoms with Crippen molar-refractivity contribution in [1.29, 1.82) is 0 Å². The van der Waals surface area contributed by atoms with Crippen LogP contribution in [0.3, 0.4) is 0 Å². The van der Waals surface area contributed by atoms with Crippen molar-refractivity contribution in [2.45, 2.75) is 0 Å². The van der Waals surface area contributed by atoms with Gasteiger partial charge in [-0.2, -0.15) is 0 Å². The third-order valence-electron chi connectivity index (χ3n) is 3.66. The topological polar surface area (TPSA) is 109 Å². The summed E-state index contributed by atoms with van der Waals surface area (Å²) in [6, 6.07) is 6.37. The van der Waals surface area contributed by atoms with Gasteiger partial charge in [0.25, 0.3) is 0 Å². The quantitative estimate of drug-likeness (QED) is 0.696. The third kappa shape index (κ3) is 3.07. The van der Waals surface area contributed by atoms with E-state index in [1.54, 1.807) is 12.1 Å².